The van der Waals surface area contributed by atoms with E-state index in [1.54, 1.807) is 6.07 Å². The summed E-state index contributed by atoms with van der Waals surface area (Å²) in [6, 6.07) is 10.3. The molecule has 1 aliphatic rings. The van der Waals surface area contributed by atoms with Gasteiger partial charge in [-0.3, -0.25) is 4.79 Å². The fourth-order valence-corrected chi connectivity index (χ4v) is 3.98. The summed E-state index contributed by atoms with van der Waals surface area (Å²) in [5.74, 6) is -0.668. The number of aryl methyl sites for hydroxylation is 1. The number of hydrogen-bond donors (Lipinski definition) is 2. The van der Waals surface area contributed by atoms with E-state index in [9.17, 15) is 9.18 Å². The summed E-state index contributed by atoms with van der Waals surface area (Å²) in [6.07, 6.45) is 3.74. The van der Waals surface area contributed by atoms with Crippen LogP contribution >= 0.6 is 22.6 Å². The SMILES string of the molecule is Cc1cc(I)ccc1Nc1ccc(F)cc1C(=O)NCCN1CCCCC1. The van der Waals surface area contributed by atoms with Crippen molar-refractivity contribution in [2.45, 2.75) is 26.2 Å². The lowest BCUT2D eigenvalue weighted by atomic mass is 10.1. The summed E-state index contributed by atoms with van der Waals surface area (Å²) in [4.78, 5) is 15.0. The molecule has 4 nitrogen and oxygen atoms in total. The number of carbonyl (C=O) groups excluding carboxylic acids is 1. The van der Waals surface area contributed by atoms with Crippen LogP contribution in [0.3, 0.4) is 0 Å². The first-order valence-corrected chi connectivity index (χ1v) is 10.4. The first kappa shape index (κ1) is 20.1. The van der Waals surface area contributed by atoms with Crippen molar-refractivity contribution < 1.29 is 9.18 Å². The van der Waals surface area contributed by atoms with E-state index in [-0.39, 0.29) is 5.91 Å². The minimum absolute atomic E-state index is 0.253. The van der Waals surface area contributed by atoms with E-state index < -0.39 is 5.82 Å². The van der Waals surface area contributed by atoms with Crippen molar-refractivity contribution in [2.24, 2.45) is 0 Å². The summed E-state index contributed by atoms with van der Waals surface area (Å²) in [5.41, 5.74) is 2.91. The molecule has 1 heterocycles. The Kier molecular flexibility index (Phi) is 7.07. The number of nitrogens with zero attached hydrogens (tertiary/aromatic N) is 1. The molecule has 1 fully saturated rings. The third kappa shape index (κ3) is 5.65. The Labute approximate surface area is 173 Å². The van der Waals surface area contributed by atoms with Crippen molar-refractivity contribution in [3.63, 3.8) is 0 Å². The van der Waals surface area contributed by atoms with E-state index in [2.05, 4.69) is 44.2 Å². The molecule has 0 radical (unpaired) electrons. The van der Waals surface area contributed by atoms with Crippen molar-refractivity contribution in [1.82, 2.24) is 10.2 Å². The van der Waals surface area contributed by atoms with Gasteiger partial charge in [0.25, 0.3) is 5.91 Å². The van der Waals surface area contributed by atoms with Crippen LogP contribution in [0, 0.1) is 16.3 Å². The lowest BCUT2D eigenvalue weighted by molar-refractivity contribution is 0.0947. The number of anilines is 2. The third-order valence-electron chi connectivity index (χ3n) is 4.85. The van der Waals surface area contributed by atoms with Gasteiger partial charge in [-0.15, -0.1) is 0 Å². The topological polar surface area (TPSA) is 44.4 Å². The molecule has 144 valence electrons. The maximum absolute atomic E-state index is 13.8. The van der Waals surface area contributed by atoms with Crippen molar-refractivity contribution >= 4 is 39.9 Å². The monoisotopic (exact) mass is 481 g/mol. The fraction of sp³-hybridized carbons (Fsp3) is 0.381. The molecule has 2 N–H and O–H groups in total. The minimum atomic E-state index is -0.416. The number of rotatable bonds is 6. The zero-order chi connectivity index (χ0) is 19.2. The Morgan fingerprint density at radius 3 is 2.59 bits per heavy atom. The molecule has 0 unspecified atom stereocenters. The Morgan fingerprint density at radius 1 is 1.11 bits per heavy atom. The highest BCUT2D eigenvalue weighted by Gasteiger charge is 2.15. The Hall–Kier alpha value is -1.67. The van der Waals surface area contributed by atoms with Gasteiger partial charge in [-0.25, -0.2) is 4.39 Å². The van der Waals surface area contributed by atoms with Crippen LogP contribution in [-0.4, -0.2) is 37.0 Å². The first-order chi connectivity index (χ1) is 13.0. The van der Waals surface area contributed by atoms with Gasteiger partial charge in [0, 0.05) is 22.3 Å². The quantitative estimate of drug-likeness (QED) is 0.589. The van der Waals surface area contributed by atoms with Crippen LogP contribution < -0.4 is 10.6 Å². The molecular formula is C21H25FIN3O. The summed E-state index contributed by atoms with van der Waals surface area (Å²) >= 11 is 2.26. The average molecular weight is 481 g/mol. The van der Waals surface area contributed by atoms with E-state index in [0.29, 0.717) is 17.8 Å². The van der Waals surface area contributed by atoms with E-state index in [4.69, 9.17) is 0 Å². The van der Waals surface area contributed by atoms with Gasteiger partial charge in [0.05, 0.1) is 11.3 Å². The largest absolute Gasteiger partial charge is 0.355 e. The molecule has 1 aliphatic heterocycles. The molecule has 0 aromatic heterocycles. The second-order valence-electron chi connectivity index (χ2n) is 6.93. The number of nitrogens with one attached hydrogen (secondary N) is 2. The lowest BCUT2D eigenvalue weighted by Gasteiger charge is -2.26. The van der Waals surface area contributed by atoms with E-state index in [1.807, 2.05) is 19.1 Å². The van der Waals surface area contributed by atoms with Crippen molar-refractivity contribution in [2.75, 3.05) is 31.5 Å². The number of likely N-dealkylation sites (tertiary alicyclic amines) is 1. The van der Waals surface area contributed by atoms with Crippen molar-refractivity contribution in [1.29, 1.82) is 0 Å². The van der Waals surface area contributed by atoms with Crippen molar-refractivity contribution in [3.8, 4) is 0 Å². The van der Waals surface area contributed by atoms with Crippen molar-refractivity contribution in [3.05, 3.63) is 56.9 Å². The molecule has 0 saturated carbocycles. The number of halogens is 2. The molecule has 2 aromatic carbocycles. The van der Waals surface area contributed by atoms with Crippen LogP contribution in [0.5, 0.6) is 0 Å². The first-order valence-electron chi connectivity index (χ1n) is 9.36. The summed E-state index contributed by atoms with van der Waals surface area (Å²) < 4.78 is 14.9. The predicted octanol–water partition coefficient (Wildman–Crippen LogP) is 4.70. The van der Waals surface area contributed by atoms with Crippen LogP contribution in [0.1, 0.15) is 35.2 Å². The van der Waals surface area contributed by atoms with Gasteiger partial charge >= 0.3 is 0 Å². The molecule has 0 spiro atoms. The van der Waals surface area contributed by atoms with Gasteiger partial charge in [0.2, 0.25) is 0 Å². The second kappa shape index (κ2) is 9.50. The minimum Gasteiger partial charge on any atom is -0.355 e. The summed E-state index contributed by atoms with van der Waals surface area (Å²) in [5, 5.41) is 6.21. The maximum Gasteiger partial charge on any atom is 0.253 e. The molecular weight excluding hydrogens is 456 g/mol. The maximum atomic E-state index is 13.8. The highest BCUT2D eigenvalue weighted by Crippen LogP contribution is 2.25. The van der Waals surface area contributed by atoms with Crippen LogP contribution in [0.2, 0.25) is 0 Å². The molecule has 3 rings (SSSR count). The van der Waals surface area contributed by atoms with Gasteiger partial charge in [-0.05, 0) is 97.4 Å². The van der Waals surface area contributed by atoms with Gasteiger partial charge in [0.15, 0.2) is 0 Å². The molecule has 6 heteroatoms. The van der Waals surface area contributed by atoms with Gasteiger partial charge in [-0.2, -0.15) is 0 Å². The smallest absolute Gasteiger partial charge is 0.253 e. The third-order valence-corrected chi connectivity index (χ3v) is 5.52. The number of carbonyl (C=O) groups is 1. The molecule has 27 heavy (non-hydrogen) atoms. The number of piperidine rings is 1. The molecule has 0 bridgehead atoms. The summed E-state index contributed by atoms with van der Waals surface area (Å²) in [6.45, 7) is 5.59. The predicted molar refractivity (Wildman–Crippen MR) is 116 cm³/mol. The second-order valence-corrected chi connectivity index (χ2v) is 8.18. The fourth-order valence-electron chi connectivity index (χ4n) is 3.33. The lowest BCUT2D eigenvalue weighted by Crippen LogP contribution is -2.37. The van der Waals surface area contributed by atoms with E-state index in [1.165, 1.54) is 31.4 Å². The Bertz CT molecular complexity index is 806. The molecule has 0 atom stereocenters. The molecule has 1 amide bonds. The standard InChI is InChI=1S/C21H25FIN3O/c1-15-13-17(23)6-8-19(15)25-20-7-5-16(22)14-18(20)21(27)24-9-12-26-10-3-2-4-11-26/h5-8,13-14,25H,2-4,9-12H2,1H3,(H,24,27). The number of benzene rings is 2. The number of amides is 1. The normalized spacial score (nSPS) is 14.8. The average Bonchev–Trinajstić information content (AvgIpc) is 2.66. The Balaban J connectivity index is 1.68. The molecule has 2 aromatic rings. The highest BCUT2D eigenvalue weighted by molar-refractivity contribution is 14.1. The van der Waals surface area contributed by atoms with Crippen LogP contribution in [0.15, 0.2) is 36.4 Å². The van der Waals surface area contributed by atoms with Gasteiger partial charge in [0.1, 0.15) is 5.82 Å². The van der Waals surface area contributed by atoms with Gasteiger partial charge < -0.3 is 15.5 Å². The Morgan fingerprint density at radius 2 is 1.85 bits per heavy atom. The van der Waals surface area contributed by atoms with E-state index in [0.717, 1.165) is 34.5 Å². The summed E-state index contributed by atoms with van der Waals surface area (Å²) in [7, 11) is 0. The zero-order valence-corrected chi connectivity index (χ0v) is 17.7. The highest BCUT2D eigenvalue weighted by atomic mass is 127. The van der Waals surface area contributed by atoms with Crippen LogP contribution in [0.4, 0.5) is 15.8 Å². The van der Waals surface area contributed by atoms with E-state index >= 15 is 0 Å². The van der Waals surface area contributed by atoms with Crippen LogP contribution in [0.25, 0.3) is 0 Å². The molecule has 1 saturated heterocycles. The van der Waals surface area contributed by atoms with Gasteiger partial charge in [-0.1, -0.05) is 6.42 Å². The number of hydrogen-bond acceptors (Lipinski definition) is 3. The zero-order valence-electron chi connectivity index (χ0n) is 15.5. The molecule has 0 aliphatic carbocycles. The van der Waals surface area contributed by atoms with Crippen LogP contribution in [-0.2, 0) is 0 Å².